The Morgan fingerprint density at radius 2 is 2.00 bits per heavy atom. The Hall–Kier alpha value is -1.15. The molecule has 1 atom stereocenters. The Bertz CT molecular complexity index is 757. The molecule has 2 aliphatic heterocycles. The van der Waals surface area contributed by atoms with Gasteiger partial charge in [0.25, 0.3) is 0 Å². The lowest BCUT2D eigenvalue weighted by molar-refractivity contribution is 0.234. The van der Waals surface area contributed by atoms with Crippen LogP contribution >= 0.6 is 11.6 Å². The van der Waals surface area contributed by atoms with E-state index in [4.69, 9.17) is 11.6 Å². The molecule has 0 aliphatic carbocycles. The number of nitrogens with one attached hydrogen (secondary N) is 1. The van der Waals surface area contributed by atoms with Crippen LogP contribution < -0.4 is 4.90 Å². The van der Waals surface area contributed by atoms with Gasteiger partial charge < -0.3 is 4.90 Å². The second-order valence-corrected chi connectivity index (χ2v) is 8.00. The molecule has 0 radical (unpaired) electrons. The number of aromatic amines is 1. The summed E-state index contributed by atoms with van der Waals surface area (Å²) < 4.78 is 22.2. The summed E-state index contributed by atoms with van der Waals surface area (Å²) >= 11 is 4.39. The fourth-order valence-electron chi connectivity index (χ4n) is 3.92. The fourth-order valence-corrected chi connectivity index (χ4v) is 4.76. The average molecular weight is 355 g/mol. The van der Waals surface area contributed by atoms with Gasteiger partial charge in [0, 0.05) is 42.3 Å². The van der Waals surface area contributed by atoms with Crippen LogP contribution in [0.2, 0.25) is 5.02 Å². The number of anilines is 1. The van der Waals surface area contributed by atoms with E-state index in [1.807, 2.05) is 18.3 Å². The van der Waals surface area contributed by atoms with Gasteiger partial charge in [0.2, 0.25) is 11.3 Å². The van der Waals surface area contributed by atoms with Crippen LogP contribution in [0.5, 0.6) is 0 Å². The third-order valence-electron chi connectivity index (χ3n) is 5.29. The number of hydrogen-bond donors (Lipinski definition) is 2. The molecule has 0 bridgehead atoms. The molecule has 0 amide bonds. The van der Waals surface area contributed by atoms with Gasteiger partial charge in [-0.15, -0.1) is 0 Å². The molecule has 1 aromatic carbocycles. The van der Waals surface area contributed by atoms with Crippen LogP contribution in [0.1, 0.15) is 19.3 Å². The van der Waals surface area contributed by atoms with Crippen molar-refractivity contribution < 1.29 is 8.76 Å². The van der Waals surface area contributed by atoms with Gasteiger partial charge in [0.1, 0.15) is 0 Å². The van der Waals surface area contributed by atoms with Crippen LogP contribution in [0.3, 0.4) is 0 Å². The molecule has 23 heavy (non-hydrogen) atoms. The van der Waals surface area contributed by atoms with Crippen molar-refractivity contribution in [3.05, 3.63) is 23.4 Å². The molecular formula is C15H19ClN4O2S. The topological polar surface area (TPSA) is 72.5 Å². The maximum absolute atomic E-state index is 11.3. The summed E-state index contributed by atoms with van der Waals surface area (Å²) in [4.78, 5) is 2.35. The largest absolute Gasteiger partial charge is 0.371 e. The fraction of sp³-hybridized carbons (Fsp3) is 0.533. The molecule has 0 saturated carbocycles. The Morgan fingerprint density at radius 3 is 2.70 bits per heavy atom. The molecule has 2 aliphatic rings. The van der Waals surface area contributed by atoms with Crippen molar-refractivity contribution in [3.63, 3.8) is 0 Å². The quantitative estimate of drug-likeness (QED) is 0.813. The number of aromatic nitrogens is 2. The van der Waals surface area contributed by atoms with Gasteiger partial charge in [0.15, 0.2) is 0 Å². The minimum atomic E-state index is -1.84. The molecule has 124 valence electrons. The SMILES string of the molecule is O=S(O)N1CCC2(CCN(c3cc(Cl)cc4[nH]ncc34)CC2)C1. The zero-order valence-electron chi connectivity index (χ0n) is 12.7. The summed E-state index contributed by atoms with van der Waals surface area (Å²) in [5, 5.41) is 8.90. The van der Waals surface area contributed by atoms with E-state index in [0.717, 1.165) is 55.5 Å². The van der Waals surface area contributed by atoms with Crippen molar-refractivity contribution in [1.82, 2.24) is 14.5 Å². The molecular weight excluding hydrogens is 336 g/mol. The third kappa shape index (κ3) is 2.76. The van der Waals surface area contributed by atoms with E-state index in [1.165, 1.54) is 0 Å². The van der Waals surface area contributed by atoms with Crippen molar-refractivity contribution in [2.75, 3.05) is 31.1 Å². The molecule has 2 saturated heterocycles. The maximum atomic E-state index is 11.3. The Labute approximate surface area is 142 Å². The molecule has 8 heteroatoms. The van der Waals surface area contributed by atoms with E-state index in [-0.39, 0.29) is 5.41 Å². The predicted molar refractivity (Wildman–Crippen MR) is 91.9 cm³/mol. The monoisotopic (exact) mass is 354 g/mol. The zero-order valence-corrected chi connectivity index (χ0v) is 14.2. The second kappa shape index (κ2) is 5.73. The van der Waals surface area contributed by atoms with Gasteiger partial charge in [0.05, 0.1) is 11.7 Å². The summed E-state index contributed by atoms with van der Waals surface area (Å²) in [6.45, 7) is 3.31. The van der Waals surface area contributed by atoms with Crippen LogP contribution in [0.25, 0.3) is 10.9 Å². The molecule has 3 heterocycles. The van der Waals surface area contributed by atoms with E-state index < -0.39 is 11.3 Å². The molecule has 1 spiro atoms. The summed E-state index contributed by atoms with van der Waals surface area (Å²) in [5.41, 5.74) is 2.26. The van der Waals surface area contributed by atoms with Crippen molar-refractivity contribution in [2.24, 2.45) is 5.41 Å². The van der Waals surface area contributed by atoms with E-state index in [1.54, 1.807) is 4.31 Å². The zero-order chi connectivity index (χ0) is 16.0. The second-order valence-electron chi connectivity index (χ2n) is 6.59. The first-order valence-corrected chi connectivity index (χ1v) is 9.24. The molecule has 1 unspecified atom stereocenters. The molecule has 2 aromatic rings. The lowest BCUT2D eigenvalue weighted by atomic mass is 9.77. The number of piperidine rings is 1. The summed E-state index contributed by atoms with van der Waals surface area (Å²) in [6, 6.07) is 3.89. The highest BCUT2D eigenvalue weighted by atomic mass is 35.5. The molecule has 6 nitrogen and oxygen atoms in total. The van der Waals surface area contributed by atoms with Gasteiger partial charge in [-0.05, 0) is 36.8 Å². The van der Waals surface area contributed by atoms with Crippen LogP contribution in [0.4, 0.5) is 5.69 Å². The van der Waals surface area contributed by atoms with Crippen molar-refractivity contribution in [1.29, 1.82) is 0 Å². The number of hydrogen-bond acceptors (Lipinski definition) is 3. The highest BCUT2D eigenvalue weighted by Crippen LogP contribution is 2.42. The van der Waals surface area contributed by atoms with Crippen LogP contribution in [-0.4, -0.2) is 49.4 Å². The van der Waals surface area contributed by atoms with E-state index in [0.29, 0.717) is 11.6 Å². The van der Waals surface area contributed by atoms with Crippen molar-refractivity contribution in [2.45, 2.75) is 19.3 Å². The first kappa shape index (κ1) is 15.4. The van der Waals surface area contributed by atoms with Crippen LogP contribution in [0.15, 0.2) is 18.3 Å². The number of rotatable bonds is 2. The normalized spacial score (nSPS) is 23.0. The smallest absolute Gasteiger partial charge is 0.234 e. The number of nitrogens with zero attached hydrogens (tertiary/aromatic N) is 3. The van der Waals surface area contributed by atoms with Crippen molar-refractivity contribution >= 4 is 39.5 Å². The number of H-pyrrole nitrogens is 1. The lowest BCUT2D eigenvalue weighted by Crippen LogP contribution is -2.41. The molecule has 2 fully saturated rings. The van der Waals surface area contributed by atoms with Crippen molar-refractivity contribution in [3.8, 4) is 0 Å². The van der Waals surface area contributed by atoms with Gasteiger partial charge >= 0.3 is 0 Å². The molecule has 4 rings (SSSR count). The first-order chi connectivity index (χ1) is 11.1. The minimum absolute atomic E-state index is 0.184. The van der Waals surface area contributed by atoms with Gasteiger partial charge in [-0.1, -0.05) is 11.6 Å². The summed E-state index contributed by atoms with van der Waals surface area (Å²) in [6.07, 6.45) is 4.92. The minimum Gasteiger partial charge on any atom is -0.371 e. The Kier molecular flexibility index (Phi) is 3.84. The highest BCUT2D eigenvalue weighted by molar-refractivity contribution is 7.76. The average Bonchev–Trinajstić information content (AvgIpc) is 3.15. The van der Waals surface area contributed by atoms with Crippen LogP contribution in [-0.2, 0) is 11.3 Å². The number of halogens is 1. The number of benzene rings is 1. The van der Waals surface area contributed by atoms with E-state index >= 15 is 0 Å². The van der Waals surface area contributed by atoms with E-state index in [2.05, 4.69) is 15.1 Å². The standard InChI is InChI=1S/C15H19ClN4O2S/c16-11-7-13-12(9-17-18-13)14(8-11)19-4-1-15(2-5-19)3-6-20(10-15)23(21)22/h7-9H,1-6,10H2,(H,17,18)(H,21,22). The Balaban J connectivity index is 1.53. The van der Waals surface area contributed by atoms with Crippen LogP contribution in [0, 0.1) is 5.41 Å². The lowest BCUT2D eigenvalue weighted by Gasteiger charge is -2.40. The first-order valence-electron chi connectivity index (χ1n) is 7.80. The Morgan fingerprint density at radius 1 is 1.26 bits per heavy atom. The molecule has 1 aromatic heterocycles. The molecule has 2 N–H and O–H groups in total. The number of fused-ring (bicyclic) bond motifs is 1. The summed E-state index contributed by atoms with van der Waals surface area (Å²) in [7, 11) is 0. The van der Waals surface area contributed by atoms with E-state index in [9.17, 15) is 8.76 Å². The van der Waals surface area contributed by atoms with Gasteiger partial charge in [-0.25, -0.2) is 8.51 Å². The maximum Gasteiger partial charge on any atom is 0.234 e. The highest BCUT2D eigenvalue weighted by Gasteiger charge is 2.42. The van der Waals surface area contributed by atoms with Gasteiger partial charge in [-0.2, -0.15) is 5.10 Å². The third-order valence-corrected chi connectivity index (χ3v) is 6.26. The predicted octanol–water partition coefficient (Wildman–Crippen LogP) is 2.65. The summed E-state index contributed by atoms with van der Waals surface area (Å²) in [5.74, 6) is 0. The van der Waals surface area contributed by atoms with Gasteiger partial charge in [-0.3, -0.25) is 9.65 Å².